The smallest absolute Gasteiger partial charge is 0.243 e. The van der Waals surface area contributed by atoms with Gasteiger partial charge in [0.05, 0.1) is 20.3 Å². The highest BCUT2D eigenvalue weighted by Crippen LogP contribution is 2.30. The molecule has 1 aromatic carbocycles. The number of likely N-dealkylation sites (N-methyl/N-ethyl adjacent to an activating group) is 1. The summed E-state index contributed by atoms with van der Waals surface area (Å²) in [5.41, 5.74) is 0.782. The molecule has 0 bridgehead atoms. The molecule has 0 atom stereocenters. The summed E-state index contributed by atoms with van der Waals surface area (Å²) in [6.45, 7) is 3.16. The van der Waals surface area contributed by atoms with Gasteiger partial charge in [-0.05, 0) is 30.5 Å². The van der Waals surface area contributed by atoms with Gasteiger partial charge in [0, 0.05) is 30.7 Å². The highest BCUT2D eigenvalue weighted by Gasteiger charge is 2.09. The molecule has 0 spiro atoms. The third-order valence-corrected chi connectivity index (χ3v) is 4.48. The van der Waals surface area contributed by atoms with Crippen LogP contribution < -0.4 is 20.1 Å². The first-order valence-corrected chi connectivity index (χ1v) is 9.50. The average molecular weight is 391 g/mol. The van der Waals surface area contributed by atoms with Crippen LogP contribution in [-0.2, 0) is 11.3 Å². The Morgan fingerprint density at radius 2 is 2.07 bits per heavy atom. The fraction of sp³-hybridized carbons (Fsp3) is 0.368. The second kappa shape index (κ2) is 10.4. The van der Waals surface area contributed by atoms with Crippen molar-refractivity contribution < 1.29 is 14.3 Å². The van der Waals surface area contributed by atoms with Crippen LogP contribution in [0.25, 0.3) is 0 Å². The van der Waals surface area contributed by atoms with Crippen molar-refractivity contribution in [1.29, 1.82) is 0 Å². The summed E-state index contributed by atoms with van der Waals surface area (Å²) < 4.78 is 10.9. The monoisotopic (exact) mass is 390 g/mol. The Kier molecular flexibility index (Phi) is 7.94. The molecule has 0 unspecified atom stereocenters. The van der Waals surface area contributed by atoms with Gasteiger partial charge >= 0.3 is 0 Å². The number of rotatable bonds is 8. The third kappa shape index (κ3) is 6.49. The quantitative estimate of drug-likeness (QED) is 0.536. The molecular weight excluding hydrogens is 364 g/mol. The van der Waals surface area contributed by atoms with Gasteiger partial charge in [0.25, 0.3) is 0 Å². The van der Waals surface area contributed by atoms with Gasteiger partial charge in [-0.25, -0.2) is 4.99 Å². The molecule has 0 aliphatic rings. The Labute approximate surface area is 164 Å². The first-order chi connectivity index (χ1) is 13.0. The molecule has 0 fully saturated rings. The predicted octanol–water partition coefficient (Wildman–Crippen LogP) is 2.80. The summed E-state index contributed by atoms with van der Waals surface area (Å²) in [6.07, 6.45) is 0. The zero-order valence-corrected chi connectivity index (χ0v) is 16.9. The molecule has 0 saturated heterocycles. The van der Waals surface area contributed by atoms with E-state index in [9.17, 15) is 4.79 Å². The van der Waals surface area contributed by atoms with E-state index in [1.54, 1.807) is 32.5 Å². The van der Waals surface area contributed by atoms with Gasteiger partial charge < -0.3 is 25.0 Å². The minimum Gasteiger partial charge on any atom is -0.493 e. The zero-order chi connectivity index (χ0) is 19.6. The molecule has 0 saturated carbocycles. The minimum absolute atomic E-state index is 0.0565. The van der Waals surface area contributed by atoms with E-state index < -0.39 is 0 Å². The molecule has 1 aromatic heterocycles. The van der Waals surface area contributed by atoms with Crippen LogP contribution in [-0.4, -0.2) is 51.1 Å². The molecule has 2 aromatic rings. The number of guanidine groups is 1. The molecule has 2 rings (SSSR count). The normalized spacial score (nSPS) is 11.0. The van der Waals surface area contributed by atoms with E-state index in [-0.39, 0.29) is 12.5 Å². The maximum Gasteiger partial charge on any atom is 0.243 e. The molecular formula is C19H26N4O3S. The van der Waals surface area contributed by atoms with Gasteiger partial charge in [0.15, 0.2) is 17.5 Å². The van der Waals surface area contributed by atoms with Crippen LogP contribution in [0.15, 0.2) is 40.7 Å². The van der Waals surface area contributed by atoms with E-state index >= 15 is 0 Å². The molecule has 0 aliphatic heterocycles. The fourth-order valence-electron chi connectivity index (χ4n) is 2.17. The molecule has 0 radical (unpaired) electrons. The highest BCUT2D eigenvalue weighted by atomic mass is 32.1. The summed E-state index contributed by atoms with van der Waals surface area (Å²) in [7, 11) is 5.02. The summed E-state index contributed by atoms with van der Waals surface area (Å²) in [6, 6.07) is 9.59. The second-order valence-electron chi connectivity index (χ2n) is 5.81. The van der Waals surface area contributed by atoms with Gasteiger partial charge in [-0.15, -0.1) is 11.3 Å². The van der Waals surface area contributed by atoms with E-state index in [4.69, 9.17) is 9.47 Å². The number of aliphatic imine (C=N–C) groups is 1. The standard InChI is InChI=1S/C19H26N4O3S/c1-5-26-16-9-8-14(11-17(16)25-4)22-19(21-13-18(24)23(2)3)20-12-15-7-6-10-27-15/h6-11H,5,12-13H2,1-4H3,(H2,20,21,22). The number of nitrogens with zero attached hydrogens (tertiary/aromatic N) is 2. The maximum absolute atomic E-state index is 11.9. The molecule has 2 N–H and O–H groups in total. The van der Waals surface area contributed by atoms with E-state index in [1.165, 1.54) is 9.78 Å². The summed E-state index contributed by atoms with van der Waals surface area (Å²) in [5.74, 6) is 1.75. The molecule has 1 amide bonds. The highest BCUT2D eigenvalue weighted by molar-refractivity contribution is 7.09. The number of hydrogen-bond donors (Lipinski definition) is 2. The lowest BCUT2D eigenvalue weighted by atomic mass is 10.2. The van der Waals surface area contributed by atoms with Crippen LogP contribution in [0.3, 0.4) is 0 Å². The van der Waals surface area contributed by atoms with E-state index in [1.807, 2.05) is 42.6 Å². The van der Waals surface area contributed by atoms with Crippen molar-refractivity contribution in [2.45, 2.75) is 13.5 Å². The van der Waals surface area contributed by atoms with Crippen molar-refractivity contribution in [2.75, 3.05) is 39.7 Å². The average Bonchev–Trinajstić information content (AvgIpc) is 3.18. The molecule has 7 nitrogen and oxygen atoms in total. The van der Waals surface area contributed by atoms with Crippen molar-refractivity contribution in [3.05, 3.63) is 40.6 Å². The zero-order valence-electron chi connectivity index (χ0n) is 16.1. The number of methoxy groups -OCH3 is 1. The van der Waals surface area contributed by atoms with Crippen molar-refractivity contribution in [2.24, 2.45) is 4.99 Å². The van der Waals surface area contributed by atoms with Crippen LogP contribution in [0.2, 0.25) is 0 Å². The number of amides is 1. The van der Waals surface area contributed by atoms with Crippen LogP contribution in [0, 0.1) is 0 Å². The Hall–Kier alpha value is -2.74. The second-order valence-corrected chi connectivity index (χ2v) is 6.84. The Bertz CT molecular complexity index is 760. The SMILES string of the molecule is CCOc1ccc(NC(=NCC(=O)N(C)C)NCc2cccs2)cc1OC. The predicted molar refractivity (Wildman–Crippen MR) is 110 cm³/mol. The first-order valence-electron chi connectivity index (χ1n) is 8.62. The lowest BCUT2D eigenvalue weighted by Gasteiger charge is -2.15. The molecule has 8 heteroatoms. The van der Waals surface area contributed by atoms with E-state index in [0.29, 0.717) is 30.6 Å². The third-order valence-electron chi connectivity index (χ3n) is 3.61. The minimum atomic E-state index is -0.0727. The Balaban J connectivity index is 2.14. The summed E-state index contributed by atoms with van der Waals surface area (Å²) in [4.78, 5) is 19.0. The van der Waals surface area contributed by atoms with Crippen LogP contribution in [0.1, 0.15) is 11.8 Å². The van der Waals surface area contributed by atoms with Crippen molar-refractivity contribution >= 4 is 28.9 Å². The molecule has 27 heavy (non-hydrogen) atoms. The molecule has 1 heterocycles. The van der Waals surface area contributed by atoms with Gasteiger partial charge in [-0.2, -0.15) is 0 Å². The van der Waals surface area contributed by atoms with Gasteiger partial charge in [-0.3, -0.25) is 4.79 Å². The summed E-state index contributed by atoms with van der Waals surface area (Å²) >= 11 is 1.66. The number of carbonyl (C=O) groups is 1. The first kappa shape index (κ1) is 20.6. The lowest BCUT2D eigenvalue weighted by molar-refractivity contribution is -0.127. The number of carbonyl (C=O) groups excluding carboxylic acids is 1. The van der Waals surface area contributed by atoms with Crippen molar-refractivity contribution in [3.8, 4) is 11.5 Å². The summed E-state index contributed by atoms with van der Waals surface area (Å²) in [5, 5.41) is 8.49. The number of hydrogen-bond acceptors (Lipinski definition) is 5. The topological polar surface area (TPSA) is 75.2 Å². The Morgan fingerprint density at radius 3 is 2.70 bits per heavy atom. The van der Waals surface area contributed by atoms with Crippen LogP contribution in [0.5, 0.6) is 11.5 Å². The Morgan fingerprint density at radius 1 is 1.26 bits per heavy atom. The van der Waals surface area contributed by atoms with E-state index in [2.05, 4.69) is 15.6 Å². The van der Waals surface area contributed by atoms with E-state index in [0.717, 1.165) is 5.69 Å². The maximum atomic E-state index is 11.9. The number of anilines is 1. The van der Waals surface area contributed by atoms with Crippen LogP contribution in [0.4, 0.5) is 5.69 Å². The van der Waals surface area contributed by atoms with Gasteiger partial charge in [-0.1, -0.05) is 6.07 Å². The fourth-order valence-corrected chi connectivity index (χ4v) is 2.81. The number of ether oxygens (including phenoxy) is 2. The number of thiophene rings is 1. The van der Waals surface area contributed by atoms with Crippen molar-refractivity contribution in [3.63, 3.8) is 0 Å². The number of benzene rings is 1. The lowest BCUT2D eigenvalue weighted by Crippen LogP contribution is -2.32. The molecule has 0 aliphatic carbocycles. The van der Waals surface area contributed by atoms with Crippen LogP contribution >= 0.6 is 11.3 Å². The number of nitrogens with one attached hydrogen (secondary N) is 2. The largest absolute Gasteiger partial charge is 0.493 e. The molecule has 146 valence electrons. The van der Waals surface area contributed by atoms with Gasteiger partial charge in [0.1, 0.15) is 6.54 Å². The van der Waals surface area contributed by atoms with Gasteiger partial charge in [0.2, 0.25) is 5.91 Å². The van der Waals surface area contributed by atoms with Crippen molar-refractivity contribution in [1.82, 2.24) is 10.2 Å².